The van der Waals surface area contributed by atoms with Crippen molar-refractivity contribution in [3.8, 4) is 0 Å². The van der Waals surface area contributed by atoms with Crippen LogP contribution in [0.15, 0.2) is 79.0 Å². The van der Waals surface area contributed by atoms with Gasteiger partial charge in [-0.15, -0.1) is 0 Å². The molecule has 0 spiro atoms. The minimum Gasteiger partial charge on any atom is -0.361 e. The lowest BCUT2D eigenvalue weighted by molar-refractivity contribution is -0.139. The van der Waals surface area contributed by atoms with E-state index in [2.05, 4.69) is 4.98 Å². The fraction of sp³-hybridized carbons (Fsp3) is 0.323. The topological polar surface area (TPSA) is 39.3 Å². The molecule has 0 aliphatic rings. The third kappa shape index (κ3) is 6.27. The van der Waals surface area contributed by atoms with Crippen molar-refractivity contribution in [2.75, 3.05) is 27.2 Å². The maximum Gasteiger partial charge on any atom is 0.416 e. The maximum atomic E-state index is 14.2. The molecule has 0 aliphatic heterocycles. The number of fused-ring (bicyclic) bond motifs is 1. The fourth-order valence-corrected chi connectivity index (χ4v) is 4.99. The van der Waals surface area contributed by atoms with E-state index in [1.165, 1.54) is 12.1 Å². The van der Waals surface area contributed by atoms with Gasteiger partial charge in [-0.1, -0.05) is 73.7 Å². The Morgan fingerprint density at radius 3 is 2.29 bits per heavy atom. The maximum absolute atomic E-state index is 14.2. The molecule has 3 aromatic carbocycles. The molecule has 38 heavy (non-hydrogen) atoms. The Balaban J connectivity index is 1.78. The molecule has 0 radical (unpaired) electrons. The van der Waals surface area contributed by atoms with Crippen LogP contribution in [0.4, 0.5) is 13.2 Å². The van der Waals surface area contributed by atoms with E-state index in [-0.39, 0.29) is 17.9 Å². The number of halogens is 3. The Morgan fingerprint density at radius 1 is 0.895 bits per heavy atom. The lowest BCUT2D eigenvalue weighted by Crippen LogP contribution is -2.37. The quantitative estimate of drug-likeness (QED) is 0.248. The average molecular weight is 522 g/mol. The van der Waals surface area contributed by atoms with Gasteiger partial charge in [0.2, 0.25) is 5.91 Å². The van der Waals surface area contributed by atoms with Crippen molar-refractivity contribution < 1.29 is 18.0 Å². The van der Waals surface area contributed by atoms with E-state index in [9.17, 15) is 18.0 Å². The van der Waals surface area contributed by atoms with Crippen molar-refractivity contribution >= 4 is 16.8 Å². The minimum absolute atomic E-state index is 0.0728. The Bertz CT molecular complexity index is 1360. The molecule has 4 rings (SSSR count). The SMILES string of the molecule is CCc1cccc2c(C(CC(=O)N(CCN(C)C)Cc3ccccc3)c3ccccc3C(F)(F)F)c[nH]c12. The molecule has 1 heterocycles. The molecule has 1 unspecified atom stereocenters. The summed E-state index contributed by atoms with van der Waals surface area (Å²) in [5.74, 6) is -0.947. The van der Waals surface area contributed by atoms with E-state index in [1.807, 2.05) is 74.4 Å². The first-order chi connectivity index (χ1) is 18.2. The van der Waals surface area contributed by atoms with Gasteiger partial charge < -0.3 is 14.8 Å². The van der Waals surface area contributed by atoms with E-state index in [4.69, 9.17) is 0 Å². The Labute approximate surface area is 222 Å². The molecule has 0 fully saturated rings. The van der Waals surface area contributed by atoms with Gasteiger partial charge in [-0.2, -0.15) is 13.2 Å². The zero-order chi connectivity index (χ0) is 27.3. The highest BCUT2D eigenvalue weighted by molar-refractivity contribution is 5.88. The van der Waals surface area contributed by atoms with Gasteiger partial charge in [0.1, 0.15) is 0 Å². The van der Waals surface area contributed by atoms with Crippen LogP contribution in [-0.2, 0) is 23.9 Å². The fourth-order valence-electron chi connectivity index (χ4n) is 4.99. The summed E-state index contributed by atoms with van der Waals surface area (Å²) in [5, 5.41) is 0.849. The van der Waals surface area contributed by atoms with Gasteiger partial charge in [0.25, 0.3) is 0 Å². The molecule has 7 heteroatoms. The third-order valence-corrected chi connectivity index (χ3v) is 7.00. The normalized spacial score (nSPS) is 12.7. The summed E-state index contributed by atoms with van der Waals surface area (Å²) in [7, 11) is 3.87. The molecule has 0 aliphatic carbocycles. The van der Waals surface area contributed by atoms with Crippen LogP contribution in [0, 0.1) is 0 Å². The lowest BCUT2D eigenvalue weighted by atomic mass is 9.84. The van der Waals surface area contributed by atoms with Crippen LogP contribution in [0.25, 0.3) is 10.9 Å². The largest absolute Gasteiger partial charge is 0.416 e. The summed E-state index contributed by atoms with van der Waals surface area (Å²) < 4.78 is 42.5. The molecular weight excluding hydrogens is 487 g/mol. The molecule has 0 saturated heterocycles. The molecule has 0 bridgehead atoms. The number of amides is 1. The first-order valence-corrected chi connectivity index (χ1v) is 12.9. The highest BCUT2D eigenvalue weighted by Gasteiger charge is 2.37. The average Bonchev–Trinajstić information content (AvgIpc) is 3.33. The number of rotatable bonds is 10. The number of aryl methyl sites for hydroxylation is 1. The van der Waals surface area contributed by atoms with Crippen LogP contribution in [0.5, 0.6) is 0 Å². The van der Waals surface area contributed by atoms with E-state index in [1.54, 1.807) is 17.2 Å². The molecular formula is C31H34F3N3O. The zero-order valence-corrected chi connectivity index (χ0v) is 22.1. The molecule has 4 nitrogen and oxygen atoms in total. The smallest absolute Gasteiger partial charge is 0.361 e. The van der Waals surface area contributed by atoms with Gasteiger partial charge in [-0.05, 0) is 48.8 Å². The number of hydrogen-bond donors (Lipinski definition) is 1. The summed E-state index contributed by atoms with van der Waals surface area (Å²) in [4.78, 5) is 20.9. The second-order valence-electron chi connectivity index (χ2n) is 9.88. The van der Waals surface area contributed by atoms with E-state index in [0.29, 0.717) is 25.2 Å². The van der Waals surface area contributed by atoms with Gasteiger partial charge in [-0.3, -0.25) is 4.79 Å². The molecule has 1 atom stereocenters. The number of carbonyl (C=O) groups is 1. The van der Waals surface area contributed by atoms with Crippen molar-refractivity contribution in [2.24, 2.45) is 0 Å². The standard InChI is InChI=1S/C31H34F3N3O/c1-4-23-13-10-15-25-27(20-35-30(23)25)26(24-14-8-9-16-28(24)31(32,33)34)19-29(38)37(18-17-36(2)3)21-22-11-6-5-7-12-22/h5-16,20,26,35H,4,17-19,21H2,1-3H3. The van der Waals surface area contributed by atoms with Gasteiger partial charge in [0, 0.05) is 49.1 Å². The van der Waals surface area contributed by atoms with Crippen LogP contribution in [0.2, 0.25) is 0 Å². The first-order valence-electron chi connectivity index (χ1n) is 12.9. The number of hydrogen-bond acceptors (Lipinski definition) is 2. The van der Waals surface area contributed by atoms with Crippen LogP contribution in [0.3, 0.4) is 0 Å². The summed E-state index contributed by atoms with van der Waals surface area (Å²) >= 11 is 0. The Kier molecular flexibility index (Phi) is 8.57. The van der Waals surface area contributed by atoms with Crippen molar-refractivity contribution in [1.82, 2.24) is 14.8 Å². The molecule has 4 aromatic rings. The number of nitrogens with zero attached hydrogens (tertiary/aromatic N) is 2. The number of aromatic amines is 1. The highest BCUT2D eigenvalue weighted by Crippen LogP contribution is 2.41. The summed E-state index contributed by atoms with van der Waals surface area (Å²) in [6.45, 7) is 3.56. The number of carbonyl (C=O) groups excluding carboxylic acids is 1. The predicted molar refractivity (Wildman–Crippen MR) is 146 cm³/mol. The van der Waals surface area contributed by atoms with Crippen molar-refractivity contribution in [2.45, 2.75) is 38.4 Å². The van der Waals surface area contributed by atoms with E-state index in [0.717, 1.165) is 34.5 Å². The van der Waals surface area contributed by atoms with Gasteiger partial charge in [-0.25, -0.2) is 0 Å². The summed E-state index contributed by atoms with van der Waals surface area (Å²) in [6, 6.07) is 21.1. The number of likely N-dealkylation sites (N-methyl/N-ethyl adjacent to an activating group) is 1. The van der Waals surface area contributed by atoms with Gasteiger partial charge in [0.05, 0.1) is 5.56 Å². The monoisotopic (exact) mass is 521 g/mol. The molecule has 1 amide bonds. The van der Waals surface area contributed by atoms with Gasteiger partial charge >= 0.3 is 6.18 Å². The third-order valence-electron chi connectivity index (χ3n) is 7.00. The summed E-state index contributed by atoms with van der Waals surface area (Å²) in [6.07, 6.45) is -2.05. The predicted octanol–water partition coefficient (Wildman–Crippen LogP) is 6.86. The van der Waals surface area contributed by atoms with Crippen molar-refractivity contribution in [1.29, 1.82) is 0 Å². The number of alkyl halides is 3. The number of nitrogens with one attached hydrogen (secondary N) is 1. The lowest BCUT2D eigenvalue weighted by Gasteiger charge is -2.28. The Hall–Kier alpha value is -3.58. The highest BCUT2D eigenvalue weighted by atomic mass is 19.4. The molecule has 200 valence electrons. The van der Waals surface area contributed by atoms with Crippen LogP contribution >= 0.6 is 0 Å². The Morgan fingerprint density at radius 2 is 1.61 bits per heavy atom. The number of para-hydroxylation sites is 1. The minimum atomic E-state index is -4.53. The van der Waals surface area contributed by atoms with E-state index < -0.39 is 17.7 Å². The first kappa shape index (κ1) is 27.5. The van der Waals surface area contributed by atoms with E-state index >= 15 is 0 Å². The molecule has 1 aromatic heterocycles. The second-order valence-corrected chi connectivity index (χ2v) is 9.88. The number of benzene rings is 3. The van der Waals surface area contributed by atoms with Crippen molar-refractivity contribution in [3.05, 3.63) is 107 Å². The van der Waals surface area contributed by atoms with Gasteiger partial charge in [0.15, 0.2) is 0 Å². The van der Waals surface area contributed by atoms with Crippen molar-refractivity contribution in [3.63, 3.8) is 0 Å². The summed E-state index contributed by atoms with van der Waals surface area (Å²) in [5.41, 5.74) is 3.07. The number of H-pyrrole nitrogens is 1. The van der Waals surface area contributed by atoms with Crippen LogP contribution in [0.1, 0.15) is 47.1 Å². The second kappa shape index (κ2) is 11.9. The van der Waals surface area contributed by atoms with Crippen LogP contribution in [-0.4, -0.2) is 47.9 Å². The zero-order valence-electron chi connectivity index (χ0n) is 22.1. The number of aromatic nitrogens is 1. The molecule has 0 saturated carbocycles. The molecule has 1 N–H and O–H groups in total. The van der Waals surface area contributed by atoms with Crippen LogP contribution < -0.4 is 0 Å².